The maximum Gasteiger partial charge on any atom is 0.357 e. The predicted molar refractivity (Wildman–Crippen MR) is 52.9 cm³/mol. The van der Waals surface area contributed by atoms with Crippen molar-refractivity contribution in [3.05, 3.63) is 12.0 Å². The fraction of sp³-hybridized carbons (Fsp3) is 0.556. The van der Waals surface area contributed by atoms with Crippen molar-refractivity contribution in [2.24, 2.45) is 5.73 Å². The van der Waals surface area contributed by atoms with Gasteiger partial charge in [0.2, 0.25) is 0 Å². The molecule has 1 unspecified atom stereocenters. The minimum absolute atomic E-state index is 0.0656. The molecule has 1 atom stereocenters. The van der Waals surface area contributed by atoms with E-state index >= 15 is 0 Å². The van der Waals surface area contributed by atoms with E-state index in [1.165, 1.54) is 0 Å². The average Bonchev–Trinajstić information content (AvgIpc) is 2.66. The van der Waals surface area contributed by atoms with Gasteiger partial charge in [-0.2, -0.15) is 4.98 Å². The lowest BCUT2D eigenvalue weighted by Crippen LogP contribution is -2.43. The Kier molecular flexibility index (Phi) is 2.59. The van der Waals surface area contributed by atoms with Crippen LogP contribution in [0, 0.1) is 0 Å². The van der Waals surface area contributed by atoms with Crippen LogP contribution in [0.4, 0.5) is 6.01 Å². The molecule has 82 valence electrons. The van der Waals surface area contributed by atoms with Crippen molar-refractivity contribution >= 4 is 12.0 Å². The Balaban J connectivity index is 2.11. The molecule has 1 aliphatic heterocycles. The van der Waals surface area contributed by atoms with Crippen LogP contribution in [-0.2, 0) is 0 Å². The van der Waals surface area contributed by atoms with Crippen LogP contribution in [0.25, 0.3) is 0 Å². The average molecular weight is 211 g/mol. The highest BCUT2D eigenvalue weighted by Crippen LogP contribution is 2.18. The Labute approximate surface area is 86.7 Å². The smallest absolute Gasteiger partial charge is 0.357 e. The Morgan fingerprint density at radius 3 is 3.13 bits per heavy atom. The summed E-state index contributed by atoms with van der Waals surface area (Å²) in [6.07, 6.45) is 3.12. The highest BCUT2D eigenvalue weighted by atomic mass is 16.4. The maximum absolute atomic E-state index is 10.6. The monoisotopic (exact) mass is 211 g/mol. The van der Waals surface area contributed by atoms with Crippen molar-refractivity contribution in [1.29, 1.82) is 0 Å². The number of nitrogens with zero attached hydrogens (tertiary/aromatic N) is 2. The number of carboxylic acid groups (broad SMARTS) is 1. The number of carboxylic acids is 1. The van der Waals surface area contributed by atoms with Gasteiger partial charge in [-0.1, -0.05) is 0 Å². The van der Waals surface area contributed by atoms with Gasteiger partial charge in [0.15, 0.2) is 5.69 Å². The summed E-state index contributed by atoms with van der Waals surface area (Å²) < 4.78 is 5.09. The number of hydrogen-bond donors (Lipinski definition) is 2. The number of aromatic carboxylic acids is 1. The van der Waals surface area contributed by atoms with Gasteiger partial charge in [0.1, 0.15) is 6.26 Å². The van der Waals surface area contributed by atoms with Crippen LogP contribution < -0.4 is 10.6 Å². The molecule has 2 rings (SSSR count). The largest absolute Gasteiger partial charge is 0.476 e. The molecule has 1 fully saturated rings. The zero-order chi connectivity index (χ0) is 10.8. The summed E-state index contributed by atoms with van der Waals surface area (Å²) in [5.41, 5.74) is 5.74. The van der Waals surface area contributed by atoms with Gasteiger partial charge in [-0.15, -0.1) is 0 Å². The summed E-state index contributed by atoms with van der Waals surface area (Å²) in [6, 6.07) is 0.460. The van der Waals surface area contributed by atoms with Crippen molar-refractivity contribution in [2.75, 3.05) is 18.0 Å². The molecule has 15 heavy (non-hydrogen) atoms. The van der Waals surface area contributed by atoms with Crippen LogP contribution >= 0.6 is 0 Å². The number of hydrogen-bond acceptors (Lipinski definition) is 5. The van der Waals surface area contributed by atoms with Gasteiger partial charge in [0.05, 0.1) is 0 Å². The second-order valence-electron chi connectivity index (χ2n) is 3.67. The Hall–Kier alpha value is -1.56. The van der Waals surface area contributed by atoms with E-state index < -0.39 is 5.97 Å². The van der Waals surface area contributed by atoms with Gasteiger partial charge in [-0.3, -0.25) is 0 Å². The quantitative estimate of drug-likeness (QED) is 0.730. The minimum atomic E-state index is -1.08. The fourth-order valence-corrected chi connectivity index (χ4v) is 1.69. The highest BCUT2D eigenvalue weighted by Gasteiger charge is 2.21. The number of piperidine rings is 1. The Bertz CT molecular complexity index is 363. The first kappa shape index (κ1) is 9.97. The van der Waals surface area contributed by atoms with Gasteiger partial charge in [-0.25, -0.2) is 4.79 Å². The number of aromatic nitrogens is 1. The highest BCUT2D eigenvalue weighted by molar-refractivity contribution is 5.85. The van der Waals surface area contributed by atoms with Crippen molar-refractivity contribution in [3.8, 4) is 0 Å². The molecule has 0 bridgehead atoms. The molecule has 1 saturated heterocycles. The lowest BCUT2D eigenvalue weighted by Gasteiger charge is -2.29. The maximum atomic E-state index is 10.6. The fourth-order valence-electron chi connectivity index (χ4n) is 1.69. The molecule has 3 N–H and O–H groups in total. The third-order valence-corrected chi connectivity index (χ3v) is 2.44. The molecule has 1 aromatic heterocycles. The molecule has 0 aliphatic carbocycles. The van der Waals surface area contributed by atoms with Crippen LogP contribution in [0.2, 0.25) is 0 Å². The lowest BCUT2D eigenvalue weighted by molar-refractivity contribution is 0.0690. The van der Waals surface area contributed by atoms with E-state index in [9.17, 15) is 4.79 Å². The van der Waals surface area contributed by atoms with Crippen LogP contribution in [0.3, 0.4) is 0 Å². The number of anilines is 1. The number of rotatable bonds is 2. The van der Waals surface area contributed by atoms with Crippen molar-refractivity contribution in [3.63, 3.8) is 0 Å². The predicted octanol–water partition coefficient (Wildman–Crippen LogP) is 0.300. The first-order chi connectivity index (χ1) is 7.16. The summed E-state index contributed by atoms with van der Waals surface area (Å²) in [7, 11) is 0. The molecule has 0 amide bonds. The second kappa shape index (κ2) is 3.90. The summed E-state index contributed by atoms with van der Waals surface area (Å²) in [5, 5.41) is 8.68. The molecular formula is C9H13N3O3. The van der Waals surface area contributed by atoms with E-state index in [2.05, 4.69) is 4.98 Å². The number of nitrogens with two attached hydrogens (primary N) is 1. The Morgan fingerprint density at radius 2 is 2.53 bits per heavy atom. The Morgan fingerprint density at radius 1 is 1.73 bits per heavy atom. The van der Waals surface area contributed by atoms with Gasteiger partial charge < -0.3 is 20.2 Å². The van der Waals surface area contributed by atoms with E-state index in [1.807, 2.05) is 4.90 Å². The van der Waals surface area contributed by atoms with Crippen molar-refractivity contribution < 1.29 is 14.3 Å². The molecule has 0 aromatic carbocycles. The summed E-state index contributed by atoms with van der Waals surface area (Å²) >= 11 is 0. The molecule has 6 nitrogen and oxygen atoms in total. The van der Waals surface area contributed by atoms with Crippen molar-refractivity contribution in [1.82, 2.24) is 4.98 Å². The second-order valence-corrected chi connectivity index (χ2v) is 3.67. The van der Waals surface area contributed by atoms with E-state index in [1.54, 1.807) is 0 Å². The van der Waals surface area contributed by atoms with E-state index in [0.717, 1.165) is 25.6 Å². The summed E-state index contributed by atoms with van der Waals surface area (Å²) in [4.78, 5) is 16.3. The zero-order valence-corrected chi connectivity index (χ0v) is 8.22. The van der Waals surface area contributed by atoms with Crippen LogP contribution in [-0.4, -0.2) is 35.2 Å². The molecule has 0 radical (unpaired) electrons. The molecule has 1 aromatic rings. The van der Waals surface area contributed by atoms with Crippen molar-refractivity contribution in [2.45, 2.75) is 18.9 Å². The lowest BCUT2D eigenvalue weighted by atomic mass is 10.1. The van der Waals surface area contributed by atoms with E-state index in [-0.39, 0.29) is 11.7 Å². The van der Waals surface area contributed by atoms with Crippen LogP contribution in [0.15, 0.2) is 10.7 Å². The molecule has 6 heteroatoms. The van der Waals surface area contributed by atoms with E-state index in [4.69, 9.17) is 15.3 Å². The van der Waals surface area contributed by atoms with Gasteiger partial charge in [-0.05, 0) is 12.8 Å². The van der Waals surface area contributed by atoms with Gasteiger partial charge in [0.25, 0.3) is 6.01 Å². The number of oxazole rings is 1. The topological polar surface area (TPSA) is 92.6 Å². The molecular weight excluding hydrogens is 198 g/mol. The normalized spacial score (nSPS) is 21.7. The van der Waals surface area contributed by atoms with Gasteiger partial charge in [0, 0.05) is 19.1 Å². The van der Waals surface area contributed by atoms with Crippen LogP contribution in [0.5, 0.6) is 0 Å². The minimum Gasteiger partial charge on any atom is -0.476 e. The zero-order valence-electron chi connectivity index (χ0n) is 8.22. The third-order valence-electron chi connectivity index (χ3n) is 2.44. The van der Waals surface area contributed by atoms with E-state index in [0.29, 0.717) is 12.6 Å². The SMILES string of the molecule is NC1CCCN(c2nc(C(=O)O)co2)C1. The summed E-state index contributed by atoms with van der Waals surface area (Å²) in [5.74, 6) is -1.08. The molecule has 1 aliphatic rings. The first-order valence-electron chi connectivity index (χ1n) is 4.86. The first-order valence-corrected chi connectivity index (χ1v) is 4.86. The third kappa shape index (κ3) is 2.10. The van der Waals surface area contributed by atoms with Gasteiger partial charge >= 0.3 is 5.97 Å². The summed E-state index contributed by atoms with van der Waals surface area (Å²) in [6.45, 7) is 1.48. The standard InChI is InChI=1S/C9H13N3O3/c10-6-2-1-3-12(4-6)9-11-7(5-15-9)8(13)14/h5-6H,1-4,10H2,(H,13,14). The number of carbonyl (C=O) groups is 1. The molecule has 0 spiro atoms. The molecule has 2 heterocycles. The van der Waals surface area contributed by atoms with Crippen LogP contribution in [0.1, 0.15) is 23.3 Å². The molecule has 0 saturated carbocycles.